The first-order valence-corrected chi connectivity index (χ1v) is 2.91. The minimum atomic E-state index is -1.63. The van der Waals surface area contributed by atoms with Gasteiger partial charge < -0.3 is 4.57 Å². The van der Waals surface area contributed by atoms with Crippen molar-refractivity contribution in [1.82, 2.24) is 4.57 Å². The maximum Gasteiger partial charge on any atom is 0.268 e. The Kier molecular flexibility index (Phi) is 2.20. The van der Waals surface area contributed by atoms with Crippen LogP contribution in [0.3, 0.4) is 0 Å². The third kappa shape index (κ3) is 2.01. The molecule has 0 spiro atoms. The molecule has 0 amide bonds. The summed E-state index contributed by atoms with van der Waals surface area (Å²) in [5.41, 5.74) is 0. The molecule has 0 unspecified atom stereocenters. The minimum absolute atomic E-state index is 0.245. The molecule has 0 N–H and O–H groups in total. The van der Waals surface area contributed by atoms with Crippen LogP contribution < -0.4 is 0 Å². The zero-order valence-electron chi connectivity index (χ0n) is 5.30. The van der Waals surface area contributed by atoms with Crippen molar-refractivity contribution < 1.29 is 8.78 Å². The van der Waals surface area contributed by atoms with Crippen LogP contribution in [0.5, 0.6) is 0 Å². The Hall–Kier alpha value is -1.12. The summed E-state index contributed by atoms with van der Waals surface area (Å²) in [7, 11) is 0. The number of halogens is 2. The van der Waals surface area contributed by atoms with Gasteiger partial charge in [-0.15, -0.1) is 0 Å². The van der Waals surface area contributed by atoms with Gasteiger partial charge in [-0.05, 0) is 12.1 Å². The van der Waals surface area contributed by atoms with Gasteiger partial charge in [0.15, 0.2) is 0 Å². The molecule has 1 nitrogen and oxygen atoms in total. The van der Waals surface area contributed by atoms with Crippen molar-refractivity contribution in [1.29, 1.82) is 0 Å². The van der Waals surface area contributed by atoms with Gasteiger partial charge in [-0.3, -0.25) is 0 Å². The molecule has 0 aliphatic rings. The Balaban J connectivity index is 2.49. The molecule has 0 bridgehead atoms. The molecular formula is C7H7F2N. The van der Waals surface area contributed by atoms with E-state index in [1.165, 1.54) is 0 Å². The second-order valence-electron chi connectivity index (χ2n) is 1.87. The lowest BCUT2D eigenvalue weighted by Gasteiger charge is -1.92. The molecule has 0 aromatic carbocycles. The summed E-state index contributed by atoms with van der Waals surface area (Å²) in [6.07, 6.45) is 2.72. The van der Waals surface area contributed by atoms with Crippen molar-refractivity contribution in [2.75, 3.05) is 0 Å². The van der Waals surface area contributed by atoms with E-state index in [1.807, 2.05) is 0 Å². The number of rotatable bonds is 2. The monoisotopic (exact) mass is 143 g/mol. The molecule has 1 rings (SSSR count). The summed E-state index contributed by atoms with van der Waals surface area (Å²) in [4.78, 5) is 0. The van der Waals surface area contributed by atoms with Crippen LogP contribution in [-0.2, 0) is 6.54 Å². The van der Waals surface area contributed by atoms with E-state index in [0.717, 1.165) is 6.08 Å². The highest BCUT2D eigenvalue weighted by Gasteiger charge is 1.87. The minimum Gasteiger partial charge on any atom is -0.350 e. The van der Waals surface area contributed by atoms with Crippen LogP contribution in [0.25, 0.3) is 0 Å². The Morgan fingerprint density at radius 1 is 1.30 bits per heavy atom. The number of hydrogen-bond donors (Lipinski definition) is 0. The van der Waals surface area contributed by atoms with E-state index in [2.05, 4.69) is 0 Å². The largest absolute Gasteiger partial charge is 0.350 e. The highest BCUT2D eigenvalue weighted by atomic mass is 19.3. The fourth-order valence-corrected chi connectivity index (χ4v) is 0.666. The summed E-state index contributed by atoms with van der Waals surface area (Å²) < 4.78 is 24.6. The van der Waals surface area contributed by atoms with E-state index in [1.54, 1.807) is 29.1 Å². The lowest BCUT2D eigenvalue weighted by atomic mass is 10.6. The van der Waals surface area contributed by atoms with Crippen LogP contribution in [0.2, 0.25) is 0 Å². The Bertz CT molecular complexity index is 210. The molecule has 10 heavy (non-hydrogen) atoms. The molecule has 54 valence electrons. The van der Waals surface area contributed by atoms with Gasteiger partial charge >= 0.3 is 0 Å². The normalized spacial score (nSPS) is 9.40. The summed E-state index contributed by atoms with van der Waals surface area (Å²) >= 11 is 0. The molecule has 0 radical (unpaired) electrons. The first kappa shape index (κ1) is 6.99. The molecule has 0 fully saturated rings. The van der Waals surface area contributed by atoms with E-state index >= 15 is 0 Å². The third-order valence-electron chi connectivity index (χ3n) is 1.12. The quantitative estimate of drug-likeness (QED) is 0.598. The van der Waals surface area contributed by atoms with Gasteiger partial charge in [0, 0.05) is 25.0 Å². The Morgan fingerprint density at radius 2 is 1.90 bits per heavy atom. The number of hydrogen-bond acceptors (Lipinski definition) is 0. The van der Waals surface area contributed by atoms with Crippen molar-refractivity contribution in [3.8, 4) is 0 Å². The van der Waals surface area contributed by atoms with Crippen LogP contribution in [0.4, 0.5) is 8.78 Å². The van der Waals surface area contributed by atoms with Crippen LogP contribution in [0.15, 0.2) is 36.7 Å². The predicted octanol–water partition coefficient (Wildman–Crippen LogP) is 2.27. The van der Waals surface area contributed by atoms with Gasteiger partial charge in [0.1, 0.15) is 0 Å². The smallest absolute Gasteiger partial charge is 0.268 e. The maximum absolute atomic E-state index is 11.5. The zero-order valence-corrected chi connectivity index (χ0v) is 5.30. The van der Waals surface area contributed by atoms with Crippen LogP contribution in [-0.4, -0.2) is 4.57 Å². The fourth-order valence-electron chi connectivity index (χ4n) is 0.666. The van der Waals surface area contributed by atoms with Crippen molar-refractivity contribution in [2.24, 2.45) is 0 Å². The lowest BCUT2D eigenvalue weighted by Crippen LogP contribution is -1.88. The Morgan fingerprint density at radius 3 is 2.40 bits per heavy atom. The van der Waals surface area contributed by atoms with Crippen molar-refractivity contribution in [3.63, 3.8) is 0 Å². The molecule has 0 saturated carbocycles. The fraction of sp³-hybridized carbons (Fsp3) is 0.143. The van der Waals surface area contributed by atoms with Gasteiger partial charge in [-0.25, -0.2) is 0 Å². The van der Waals surface area contributed by atoms with E-state index in [4.69, 9.17) is 0 Å². The predicted molar refractivity (Wildman–Crippen MR) is 34.7 cm³/mol. The Labute approximate surface area is 57.6 Å². The van der Waals surface area contributed by atoms with Crippen LogP contribution in [0.1, 0.15) is 0 Å². The number of aromatic nitrogens is 1. The van der Waals surface area contributed by atoms with Crippen LogP contribution in [0, 0.1) is 0 Å². The highest BCUT2D eigenvalue weighted by molar-refractivity contribution is 4.93. The second kappa shape index (κ2) is 3.15. The van der Waals surface area contributed by atoms with E-state index in [0.29, 0.717) is 0 Å². The number of allylic oxidation sites excluding steroid dienone is 1. The molecule has 1 aromatic heterocycles. The first-order valence-electron chi connectivity index (χ1n) is 2.91. The van der Waals surface area contributed by atoms with E-state index < -0.39 is 6.08 Å². The van der Waals surface area contributed by atoms with Crippen molar-refractivity contribution in [3.05, 3.63) is 36.7 Å². The van der Waals surface area contributed by atoms with Crippen LogP contribution >= 0.6 is 0 Å². The molecule has 0 atom stereocenters. The van der Waals surface area contributed by atoms with Gasteiger partial charge in [-0.2, -0.15) is 8.78 Å². The van der Waals surface area contributed by atoms with Crippen molar-refractivity contribution >= 4 is 0 Å². The van der Waals surface area contributed by atoms with E-state index in [9.17, 15) is 8.78 Å². The third-order valence-corrected chi connectivity index (χ3v) is 1.12. The molecule has 1 aromatic rings. The number of nitrogens with zero attached hydrogens (tertiary/aromatic N) is 1. The SMILES string of the molecule is FC(F)=CCn1cccc1. The summed E-state index contributed by atoms with van der Waals surface area (Å²) in [5, 5.41) is 0. The summed E-state index contributed by atoms with van der Waals surface area (Å²) in [6.45, 7) is 0.245. The molecule has 0 aliphatic carbocycles. The van der Waals surface area contributed by atoms with Gasteiger partial charge in [0.2, 0.25) is 0 Å². The standard InChI is InChI=1S/C7H7F2N/c8-7(9)3-6-10-4-1-2-5-10/h1-5H,6H2. The van der Waals surface area contributed by atoms with Crippen molar-refractivity contribution in [2.45, 2.75) is 6.54 Å². The molecular weight excluding hydrogens is 136 g/mol. The average molecular weight is 143 g/mol. The average Bonchev–Trinajstić information content (AvgIpc) is 2.34. The van der Waals surface area contributed by atoms with E-state index in [-0.39, 0.29) is 6.54 Å². The molecule has 1 heterocycles. The molecule has 3 heteroatoms. The summed E-state index contributed by atoms with van der Waals surface area (Å²) in [6, 6.07) is 3.59. The molecule has 0 aliphatic heterocycles. The first-order chi connectivity index (χ1) is 4.79. The maximum atomic E-state index is 11.5. The second-order valence-corrected chi connectivity index (χ2v) is 1.87. The molecule has 0 saturated heterocycles. The van der Waals surface area contributed by atoms with Gasteiger partial charge in [0.05, 0.1) is 0 Å². The van der Waals surface area contributed by atoms with Gasteiger partial charge in [-0.1, -0.05) is 0 Å². The van der Waals surface area contributed by atoms with Gasteiger partial charge in [0.25, 0.3) is 6.08 Å². The summed E-state index contributed by atoms with van der Waals surface area (Å²) in [5.74, 6) is 0. The zero-order chi connectivity index (χ0) is 7.40. The topological polar surface area (TPSA) is 4.93 Å². The highest BCUT2D eigenvalue weighted by Crippen LogP contribution is 1.98. The lowest BCUT2D eigenvalue weighted by molar-refractivity contribution is 0.416.